The molecule has 1 saturated carbocycles. The molecule has 0 aromatic heterocycles. The Hall–Kier alpha value is -1.11. The van der Waals surface area contributed by atoms with E-state index < -0.39 is 0 Å². The van der Waals surface area contributed by atoms with Crippen LogP contribution in [-0.4, -0.2) is 5.78 Å². The highest BCUT2D eigenvalue weighted by atomic mass is 16.1. The Morgan fingerprint density at radius 1 is 1.25 bits per heavy atom. The van der Waals surface area contributed by atoms with Gasteiger partial charge in [-0.3, -0.25) is 4.79 Å². The molecule has 0 atom stereocenters. The van der Waals surface area contributed by atoms with Gasteiger partial charge in [-0.1, -0.05) is 37.6 Å². The van der Waals surface area contributed by atoms with E-state index in [1.165, 1.54) is 30.4 Å². The summed E-state index contributed by atoms with van der Waals surface area (Å²) in [6.07, 6.45) is 6.36. The molecule has 0 spiro atoms. The maximum absolute atomic E-state index is 11.2. The number of carbonyl (C=O) groups excluding carboxylic acids is 1. The molecule has 16 heavy (non-hydrogen) atoms. The van der Waals surface area contributed by atoms with Crippen molar-refractivity contribution >= 4 is 5.78 Å². The van der Waals surface area contributed by atoms with E-state index in [0.717, 1.165) is 12.3 Å². The van der Waals surface area contributed by atoms with Gasteiger partial charge in [-0.05, 0) is 36.3 Å². The molecule has 1 nitrogen and oxygen atoms in total. The van der Waals surface area contributed by atoms with Gasteiger partial charge in [0.2, 0.25) is 0 Å². The highest BCUT2D eigenvalue weighted by Crippen LogP contribution is 2.36. The Labute approximate surface area is 97.9 Å². The number of Topliss-reactive ketones (excluding diaryl/α,β-unsaturated/α-hetero) is 1. The second-order valence-electron chi connectivity index (χ2n) is 4.76. The molecule has 1 aliphatic carbocycles. The molecule has 0 aliphatic heterocycles. The number of carbonyl (C=O) groups is 1. The number of rotatable bonds is 5. The van der Waals surface area contributed by atoms with E-state index in [4.69, 9.17) is 0 Å². The van der Waals surface area contributed by atoms with E-state index in [0.29, 0.717) is 18.6 Å². The molecule has 1 aliphatic rings. The highest BCUT2D eigenvalue weighted by molar-refractivity contribution is 5.78. The van der Waals surface area contributed by atoms with Gasteiger partial charge in [0.1, 0.15) is 5.78 Å². The van der Waals surface area contributed by atoms with Crippen LogP contribution in [0.5, 0.6) is 0 Å². The summed E-state index contributed by atoms with van der Waals surface area (Å²) in [7, 11) is 0. The average Bonchev–Trinajstić information content (AvgIpc) is 2.25. The Balaban J connectivity index is 1.88. The van der Waals surface area contributed by atoms with Gasteiger partial charge in [-0.25, -0.2) is 0 Å². The van der Waals surface area contributed by atoms with Crippen molar-refractivity contribution in [2.75, 3.05) is 0 Å². The fourth-order valence-corrected chi connectivity index (χ4v) is 2.16. The predicted molar refractivity (Wildman–Crippen MR) is 66.7 cm³/mol. The molecule has 0 unspecified atom stereocenters. The van der Waals surface area contributed by atoms with Crippen molar-refractivity contribution in [1.82, 2.24) is 0 Å². The SMILES string of the molecule is CCC(=O)CCc1ccc(C2CCC2)cc1. The number of aryl methyl sites for hydroxylation is 1. The van der Waals surface area contributed by atoms with Crippen LogP contribution in [0.1, 0.15) is 56.1 Å². The fourth-order valence-electron chi connectivity index (χ4n) is 2.16. The van der Waals surface area contributed by atoms with E-state index in [2.05, 4.69) is 24.3 Å². The lowest BCUT2D eigenvalue weighted by atomic mass is 9.80. The number of hydrogen-bond donors (Lipinski definition) is 0. The summed E-state index contributed by atoms with van der Waals surface area (Å²) < 4.78 is 0. The smallest absolute Gasteiger partial charge is 0.132 e. The zero-order valence-corrected chi connectivity index (χ0v) is 10.0. The third-order valence-electron chi connectivity index (χ3n) is 3.64. The molecular weight excluding hydrogens is 196 g/mol. The summed E-state index contributed by atoms with van der Waals surface area (Å²) in [6, 6.07) is 8.87. The molecule has 1 aromatic carbocycles. The maximum Gasteiger partial charge on any atom is 0.132 e. The number of benzene rings is 1. The Kier molecular flexibility index (Phi) is 3.76. The van der Waals surface area contributed by atoms with E-state index in [1.807, 2.05) is 6.92 Å². The standard InChI is InChI=1S/C15H20O/c1-2-15(16)11-8-12-6-9-14(10-7-12)13-4-3-5-13/h6-7,9-10,13H,2-5,8,11H2,1H3. The zero-order chi connectivity index (χ0) is 11.4. The summed E-state index contributed by atoms with van der Waals surface area (Å²) >= 11 is 0. The van der Waals surface area contributed by atoms with Crippen LogP contribution >= 0.6 is 0 Å². The van der Waals surface area contributed by atoms with Gasteiger partial charge in [0.15, 0.2) is 0 Å². The highest BCUT2D eigenvalue weighted by Gasteiger charge is 2.18. The number of ketones is 1. The molecule has 86 valence electrons. The second-order valence-corrected chi connectivity index (χ2v) is 4.76. The van der Waals surface area contributed by atoms with Gasteiger partial charge >= 0.3 is 0 Å². The van der Waals surface area contributed by atoms with Gasteiger partial charge < -0.3 is 0 Å². The van der Waals surface area contributed by atoms with E-state index >= 15 is 0 Å². The van der Waals surface area contributed by atoms with Gasteiger partial charge in [-0.2, -0.15) is 0 Å². The first-order valence-corrected chi connectivity index (χ1v) is 6.40. The van der Waals surface area contributed by atoms with Crippen LogP contribution in [0, 0.1) is 0 Å². The van der Waals surface area contributed by atoms with Gasteiger partial charge in [0, 0.05) is 12.8 Å². The fraction of sp³-hybridized carbons (Fsp3) is 0.533. The monoisotopic (exact) mass is 216 g/mol. The van der Waals surface area contributed by atoms with Crippen molar-refractivity contribution in [1.29, 1.82) is 0 Å². The normalized spacial score (nSPS) is 15.8. The minimum absolute atomic E-state index is 0.364. The molecule has 0 amide bonds. The van der Waals surface area contributed by atoms with Crippen LogP contribution in [0.15, 0.2) is 24.3 Å². The van der Waals surface area contributed by atoms with Crippen molar-refractivity contribution in [2.45, 2.75) is 51.4 Å². The van der Waals surface area contributed by atoms with E-state index in [-0.39, 0.29) is 0 Å². The molecule has 0 N–H and O–H groups in total. The molecule has 0 radical (unpaired) electrons. The summed E-state index contributed by atoms with van der Waals surface area (Å²) in [6.45, 7) is 1.93. The average molecular weight is 216 g/mol. The summed E-state index contributed by atoms with van der Waals surface area (Å²) in [4.78, 5) is 11.2. The molecule has 0 bridgehead atoms. The molecule has 1 heteroatoms. The van der Waals surface area contributed by atoms with Crippen LogP contribution in [0.2, 0.25) is 0 Å². The first-order chi connectivity index (χ1) is 7.79. The van der Waals surface area contributed by atoms with Crippen molar-refractivity contribution in [3.63, 3.8) is 0 Å². The number of hydrogen-bond acceptors (Lipinski definition) is 1. The van der Waals surface area contributed by atoms with Crippen molar-refractivity contribution in [3.05, 3.63) is 35.4 Å². The molecule has 1 fully saturated rings. The second kappa shape index (κ2) is 5.29. The lowest BCUT2D eigenvalue weighted by molar-refractivity contribution is -0.118. The lowest BCUT2D eigenvalue weighted by Gasteiger charge is -2.25. The van der Waals surface area contributed by atoms with Crippen LogP contribution in [-0.2, 0) is 11.2 Å². The Bertz CT molecular complexity index is 346. The van der Waals surface area contributed by atoms with Crippen LogP contribution < -0.4 is 0 Å². The van der Waals surface area contributed by atoms with Crippen molar-refractivity contribution < 1.29 is 4.79 Å². The Morgan fingerprint density at radius 3 is 2.44 bits per heavy atom. The summed E-state index contributed by atoms with van der Waals surface area (Å²) in [5.74, 6) is 1.18. The van der Waals surface area contributed by atoms with Gasteiger partial charge in [0.25, 0.3) is 0 Å². The van der Waals surface area contributed by atoms with Crippen molar-refractivity contribution in [2.24, 2.45) is 0 Å². The van der Waals surface area contributed by atoms with Crippen LogP contribution in [0.4, 0.5) is 0 Å². The molecular formula is C15H20O. The lowest BCUT2D eigenvalue weighted by Crippen LogP contribution is -2.08. The molecule has 0 heterocycles. The van der Waals surface area contributed by atoms with Gasteiger partial charge in [-0.15, -0.1) is 0 Å². The minimum Gasteiger partial charge on any atom is -0.300 e. The largest absolute Gasteiger partial charge is 0.300 e. The first-order valence-electron chi connectivity index (χ1n) is 6.40. The topological polar surface area (TPSA) is 17.1 Å². The summed E-state index contributed by atoms with van der Waals surface area (Å²) in [5, 5.41) is 0. The third-order valence-corrected chi connectivity index (χ3v) is 3.64. The van der Waals surface area contributed by atoms with Crippen LogP contribution in [0.25, 0.3) is 0 Å². The van der Waals surface area contributed by atoms with Gasteiger partial charge in [0.05, 0.1) is 0 Å². The predicted octanol–water partition coefficient (Wildman–Crippen LogP) is 3.87. The first kappa shape index (κ1) is 11.4. The quantitative estimate of drug-likeness (QED) is 0.730. The maximum atomic E-state index is 11.2. The van der Waals surface area contributed by atoms with E-state index in [1.54, 1.807) is 0 Å². The third kappa shape index (κ3) is 2.72. The Morgan fingerprint density at radius 2 is 1.94 bits per heavy atom. The van der Waals surface area contributed by atoms with Crippen molar-refractivity contribution in [3.8, 4) is 0 Å². The molecule has 2 rings (SSSR count). The molecule has 1 aromatic rings. The van der Waals surface area contributed by atoms with E-state index in [9.17, 15) is 4.79 Å². The summed E-state index contributed by atoms with van der Waals surface area (Å²) in [5.41, 5.74) is 2.78. The van der Waals surface area contributed by atoms with Crippen LogP contribution in [0.3, 0.4) is 0 Å². The zero-order valence-electron chi connectivity index (χ0n) is 10.0. The minimum atomic E-state index is 0.364. The molecule has 0 saturated heterocycles.